The lowest BCUT2D eigenvalue weighted by Gasteiger charge is -2.30. The van der Waals surface area contributed by atoms with E-state index >= 15 is 0 Å². The second kappa shape index (κ2) is 5.12. The Labute approximate surface area is 100 Å². The van der Waals surface area contributed by atoms with E-state index in [9.17, 15) is 4.79 Å². The van der Waals surface area contributed by atoms with Crippen molar-refractivity contribution < 1.29 is 9.90 Å². The fraction of sp³-hybridized carbons (Fsp3) is 0.583. The molecule has 5 nitrogen and oxygen atoms in total. The van der Waals surface area contributed by atoms with Crippen molar-refractivity contribution in [3.63, 3.8) is 0 Å². The molecule has 1 aliphatic rings. The van der Waals surface area contributed by atoms with Gasteiger partial charge in [-0.3, -0.25) is 4.79 Å². The van der Waals surface area contributed by atoms with Gasteiger partial charge >= 0.3 is 5.97 Å². The highest BCUT2D eigenvalue weighted by Crippen LogP contribution is 2.20. The fourth-order valence-corrected chi connectivity index (χ4v) is 2.05. The third kappa shape index (κ3) is 2.72. The predicted octanol–water partition coefficient (Wildman–Crippen LogP) is 1.34. The molecule has 1 N–H and O–H groups in total. The Morgan fingerprint density at radius 3 is 2.82 bits per heavy atom. The SMILES string of the molecule is CCc1cnc(N2CCCC(C(=O)O)C2)nc1. The maximum atomic E-state index is 11.0. The topological polar surface area (TPSA) is 66.3 Å². The molecule has 1 atom stereocenters. The molecule has 0 amide bonds. The molecule has 1 aromatic heterocycles. The van der Waals surface area contributed by atoms with Crippen molar-refractivity contribution in [3.8, 4) is 0 Å². The standard InChI is InChI=1S/C12H17N3O2/c1-2-9-6-13-12(14-7-9)15-5-3-4-10(8-15)11(16)17/h6-7,10H,2-5,8H2,1H3,(H,16,17). The second-order valence-electron chi connectivity index (χ2n) is 4.37. The summed E-state index contributed by atoms with van der Waals surface area (Å²) in [6.45, 7) is 3.41. The van der Waals surface area contributed by atoms with Crippen LogP contribution in [0.1, 0.15) is 25.3 Å². The average molecular weight is 235 g/mol. The van der Waals surface area contributed by atoms with E-state index in [-0.39, 0.29) is 5.92 Å². The number of rotatable bonds is 3. The average Bonchev–Trinajstić information content (AvgIpc) is 2.39. The smallest absolute Gasteiger partial charge is 0.308 e. The highest BCUT2D eigenvalue weighted by atomic mass is 16.4. The zero-order valence-corrected chi connectivity index (χ0v) is 9.96. The summed E-state index contributed by atoms with van der Waals surface area (Å²) in [4.78, 5) is 21.5. The highest BCUT2D eigenvalue weighted by Gasteiger charge is 2.26. The number of hydrogen-bond acceptors (Lipinski definition) is 4. The Balaban J connectivity index is 2.08. The van der Waals surface area contributed by atoms with Gasteiger partial charge in [0.1, 0.15) is 0 Å². The van der Waals surface area contributed by atoms with Gasteiger partial charge in [0.2, 0.25) is 5.95 Å². The summed E-state index contributed by atoms with van der Waals surface area (Å²) >= 11 is 0. The Morgan fingerprint density at radius 1 is 1.53 bits per heavy atom. The van der Waals surface area contributed by atoms with Crippen molar-refractivity contribution in [3.05, 3.63) is 18.0 Å². The number of aromatic nitrogens is 2. The van der Waals surface area contributed by atoms with E-state index in [1.165, 1.54) is 0 Å². The number of aliphatic carboxylic acids is 1. The van der Waals surface area contributed by atoms with Crippen LogP contribution >= 0.6 is 0 Å². The van der Waals surface area contributed by atoms with Crippen molar-refractivity contribution >= 4 is 11.9 Å². The lowest BCUT2D eigenvalue weighted by atomic mass is 9.99. The van der Waals surface area contributed by atoms with Gasteiger partial charge in [0, 0.05) is 25.5 Å². The van der Waals surface area contributed by atoms with E-state index in [1.807, 2.05) is 17.3 Å². The molecule has 0 radical (unpaired) electrons. The van der Waals surface area contributed by atoms with E-state index in [4.69, 9.17) is 5.11 Å². The van der Waals surface area contributed by atoms with Crippen LogP contribution < -0.4 is 4.90 Å². The van der Waals surface area contributed by atoms with Crippen LogP contribution in [0.5, 0.6) is 0 Å². The van der Waals surface area contributed by atoms with Gasteiger partial charge in [0.05, 0.1) is 5.92 Å². The quantitative estimate of drug-likeness (QED) is 0.856. The van der Waals surface area contributed by atoms with Crippen molar-refractivity contribution in [2.45, 2.75) is 26.2 Å². The normalized spacial score (nSPS) is 20.3. The van der Waals surface area contributed by atoms with E-state index in [0.717, 1.165) is 31.4 Å². The minimum atomic E-state index is -0.722. The van der Waals surface area contributed by atoms with Gasteiger partial charge in [0.15, 0.2) is 0 Å². The van der Waals surface area contributed by atoms with E-state index < -0.39 is 5.97 Å². The van der Waals surface area contributed by atoms with Gasteiger partial charge in [0.25, 0.3) is 0 Å². The summed E-state index contributed by atoms with van der Waals surface area (Å²) in [5, 5.41) is 9.02. The van der Waals surface area contributed by atoms with Gasteiger partial charge in [-0.05, 0) is 24.8 Å². The molecule has 1 fully saturated rings. The van der Waals surface area contributed by atoms with Gasteiger partial charge < -0.3 is 10.0 Å². The molecule has 0 aromatic carbocycles. The number of aryl methyl sites for hydroxylation is 1. The van der Waals surface area contributed by atoms with Crippen molar-refractivity contribution in [1.29, 1.82) is 0 Å². The Morgan fingerprint density at radius 2 is 2.24 bits per heavy atom. The van der Waals surface area contributed by atoms with Crippen molar-refractivity contribution in [2.24, 2.45) is 5.92 Å². The molecule has 17 heavy (non-hydrogen) atoms. The molecule has 0 aliphatic carbocycles. The monoisotopic (exact) mass is 235 g/mol. The zero-order chi connectivity index (χ0) is 12.3. The lowest BCUT2D eigenvalue weighted by Crippen LogP contribution is -2.39. The maximum Gasteiger partial charge on any atom is 0.308 e. The molecule has 2 heterocycles. The third-order valence-corrected chi connectivity index (χ3v) is 3.15. The summed E-state index contributed by atoms with van der Waals surface area (Å²) in [6, 6.07) is 0. The molecule has 2 rings (SSSR count). The molecule has 0 spiro atoms. The van der Waals surface area contributed by atoms with Crippen LogP contribution in [-0.2, 0) is 11.2 Å². The van der Waals surface area contributed by atoms with E-state index in [2.05, 4.69) is 16.9 Å². The zero-order valence-electron chi connectivity index (χ0n) is 9.96. The molecule has 0 bridgehead atoms. The summed E-state index contributed by atoms with van der Waals surface area (Å²) in [5.41, 5.74) is 1.10. The number of carboxylic acid groups (broad SMARTS) is 1. The number of carbonyl (C=O) groups is 1. The van der Waals surface area contributed by atoms with Gasteiger partial charge in [-0.25, -0.2) is 9.97 Å². The van der Waals surface area contributed by atoms with Gasteiger partial charge in [-0.2, -0.15) is 0 Å². The first-order chi connectivity index (χ1) is 8.20. The summed E-state index contributed by atoms with van der Waals surface area (Å²) in [5.74, 6) is -0.369. The highest BCUT2D eigenvalue weighted by molar-refractivity contribution is 5.71. The molecule has 1 aromatic rings. The van der Waals surface area contributed by atoms with Crippen molar-refractivity contribution in [1.82, 2.24) is 9.97 Å². The molecular formula is C12H17N3O2. The van der Waals surface area contributed by atoms with Crippen LogP contribution in [0.3, 0.4) is 0 Å². The number of anilines is 1. The molecule has 5 heteroatoms. The first kappa shape index (κ1) is 11.8. The summed E-state index contributed by atoms with van der Waals surface area (Å²) in [6.07, 6.45) is 6.17. The van der Waals surface area contributed by atoms with Crippen LogP contribution in [-0.4, -0.2) is 34.1 Å². The maximum absolute atomic E-state index is 11.0. The van der Waals surface area contributed by atoms with Crippen LogP contribution in [0.15, 0.2) is 12.4 Å². The minimum absolute atomic E-state index is 0.293. The molecule has 1 unspecified atom stereocenters. The van der Waals surface area contributed by atoms with E-state index in [1.54, 1.807) is 0 Å². The number of hydrogen-bond donors (Lipinski definition) is 1. The number of carboxylic acids is 1. The molecule has 0 saturated carbocycles. The fourth-order valence-electron chi connectivity index (χ4n) is 2.05. The summed E-state index contributed by atoms with van der Waals surface area (Å²) in [7, 11) is 0. The van der Waals surface area contributed by atoms with Crippen LogP contribution in [0.2, 0.25) is 0 Å². The van der Waals surface area contributed by atoms with Crippen LogP contribution in [0.4, 0.5) is 5.95 Å². The molecule has 92 valence electrons. The van der Waals surface area contributed by atoms with Crippen LogP contribution in [0, 0.1) is 5.92 Å². The minimum Gasteiger partial charge on any atom is -0.481 e. The third-order valence-electron chi connectivity index (χ3n) is 3.15. The molecular weight excluding hydrogens is 218 g/mol. The Kier molecular flexibility index (Phi) is 3.56. The first-order valence-corrected chi connectivity index (χ1v) is 5.99. The Hall–Kier alpha value is -1.65. The summed E-state index contributed by atoms with van der Waals surface area (Å²) < 4.78 is 0. The van der Waals surface area contributed by atoms with Gasteiger partial charge in [-0.15, -0.1) is 0 Å². The van der Waals surface area contributed by atoms with Crippen LogP contribution in [0.25, 0.3) is 0 Å². The number of piperidine rings is 1. The lowest BCUT2D eigenvalue weighted by molar-refractivity contribution is -0.141. The van der Waals surface area contributed by atoms with Gasteiger partial charge in [-0.1, -0.05) is 6.92 Å². The number of nitrogens with zero attached hydrogens (tertiary/aromatic N) is 3. The van der Waals surface area contributed by atoms with Crippen molar-refractivity contribution in [2.75, 3.05) is 18.0 Å². The first-order valence-electron chi connectivity index (χ1n) is 5.99. The Bertz CT molecular complexity index is 391. The molecule has 1 aliphatic heterocycles. The largest absolute Gasteiger partial charge is 0.481 e. The second-order valence-corrected chi connectivity index (χ2v) is 4.37. The van der Waals surface area contributed by atoms with E-state index in [0.29, 0.717) is 12.5 Å². The predicted molar refractivity (Wildman–Crippen MR) is 64.0 cm³/mol. The molecule has 1 saturated heterocycles.